The zero-order valence-electron chi connectivity index (χ0n) is 14.0. The van der Waals surface area contributed by atoms with Crippen LogP contribution in [0.4, 0.5) is 4.39 Å². The van der Waals surface area contributed by atoms with E-state index in [0.29, 0.717) is 17.4 Å². The maximum absolute atomic E-state index is 13.7. The van der Waals surface area contributed by atoms with Crippen molar-refractivity contribution in [1.82, 2.24) is 9.78 Å². The Morgan fingerprint density at radius 2 is 2.12 bits per heavy atom. The third kappa shape index (κ3) is 4.02. The van der Waals surface area contributed by atoms with Crippen LogP contribution in [0.2, 0.25) is 0 Å². The molecule has 0 saturated carbocycles. The van der Waals surface area contributed by atoms with Gasteiger partial charge in [-0.3, -0.25) is 0 Å². The summed E-state index contributed by atoms with van der Waals surface area (Å²) in [6.45, 7) is 6.99. The van der Waals surface area contributed by atoms with Crippen molar-refractivity contribution in [3.8, 4) is 5.75 Å². The Morgan fingerprint density at radius 3 is 2.83 bits per heavy atom. The molecule has 7 heteroatoms. The van der Waals surface area contributed by atoms with E-state index in [-0.39, 0.29) is 5.75 Å². The van der Waals surface area contributed by atoms with E-state index < -0.39 is 11.9 Å². The molecule has 1 aliphatic heterocycles. The fourth-order valence-corrected chi connectivity index (χ4v) is 3.10. The van der Waals surface area contributed by atoms with Gasteiger partial charge in [-0.1, -0.05) is 19.1 Å². The Morgan fingerprint density at radius 1 is 1.42 bits per heavy atom. The third-order valence-corrected chi connectivity index (χ3v) is 4.76. The number of ether oxygens (including phenoxy) is 1. The van der Waals surface area contributed by atoms with Crippen LogP contribution in [0.15, 0.2) is 28.7 Å². The van der Waals surface area contributed by atoms with E-state index in [2.05, 4.69) is 12.0 Å². The first-order chi connectivity index (χ1) is 11.5. The molecule has 130 valence electrons. The van der Waals surface area contributed by atoms with Gasteiger partial charge in [0.15, 0.2) is 24.3 Å². The highest BCUT2D eigenvalue weighted by atomic mass is 32.1. The normalized spacial score (nSPS) is 22.3. The van der Waals surface area contributed by atoms with Crippen LogP contribution in [-0.4, -0.2) is 22.9 Å². The van der Waals surface area contributed by atoms with Gasteiger partial charge in [0.2, 0.25) is 0 Å². The molecule has 2 aromatic rings. The molecule has 5 nitrogen and oxygen atoms in total. The predicted octanol–water partition coefficient (Wildman–Crippen LogP) is 2.76. The highest BCUT2D eigenvalue weighted by molar-refractivity contribution is 7.71. The number of aromatic nitrogens is 2. The van der Waals surface area contributed by atoms with Gasteiger partial charge in [-0.25, -0.2) is 4.39 Å². The van der Waals surface area contributed by atoms with Gasteiger partial charge in [0.25, 0.3) is 10.7 Å². The van der Waals surface area contributed by atoms with Gasteiger partial charge in [0.05, 0.1) is 13.1 Å². The lowest BCUT2D eigenvalue weighted by Gasteiger charge is -2.26. The number of hydrogen-bond donors (Lipinski definition) is 1. The van der Waals surface area contributed by atoms with Crippen molar-refractivity contribution in [3.63, 3.8) is 0 Å². The van der Waals surface area contributed by atoms with Crippen LogP contribution in [0.5, 0.6) is 5.75 Å². The number of halogens is 1. The average molecular weight is 352 g/mol. The second-order valence-electron chi connectivity index (χ2n) is 6.49. The first kappa shape index (κ1) is 17.1. The Bertz CT molecular complexity index is 737. The van der Waals surface area contributed by atoms with Gasteiger partial charge in [-0.15, -0.1) is 5.10 Å². The van der Waals surface area contributed by atoms with E-state index >= 15 is 0 Å². The SMILES string of the molecule is CC1CC[NH+](Cn2nc([C@H](C)Oc3ccccc3F)oc2=S)CC1. The number of likely N-dealkylation sites (tertiary alicyclic amines) is 1. The lowest BCUT2D eigenvalue weighted by atomic mass is 10.00. The molecule has 2 heterocycles. The number of rotatable bonds is 5. The van der Waals surface area contributed by atoms with Crippen molar-refractivity contribution in [2.24, 2.45) is 5.92 Å². The van der Waals surface area contributed by atoms with Crippen molar-refractivity contribution in [1.29, 1.82) is 0 Å². The Hall–Kier alpha value is -1.73. The predicted molar refractivity (Wildman–Crippen MR) is 89.9 cm³/mol. The average Bonchev–Trinajstić information content (AvgIpc) is 2.93. The highest BCUT2D eigenvalue weighted by Gasteiger charge is 2.22. The molecule has 1 atom stereocenters. The lowest BCUT2D eigenvalue weighted by molar-refractivity contribution is -0.929. The molecule has 0 unspecified atom stereocenters. The molecule has 0 bridgehead atoms. The maximum atomic E-state index is 13.7. The Balaban J connectivity index is 1.67. The number of benzene rings is 1. The van der Waals surface area contributed by atoms with Crippen molar-refractivity contribution < 1.29 is 18.4 Å². The summed E-state index contributed by atoms with van der Waals surface area (Å²) in [6, 6.07) is 6.28. The van der Waals surface area contributed by atoms with Crippen molar-refractivity contribution in [2.75, 3.05) is 13.1 Å². The molecule has 0 spiro atoms. The van der Waals surface area contributed by atoms with Crippen LogP contribution in [0.3, 0.4) is 0 Å². The zero-order valence-corrected chi connectivity index (χ0v) is 14.8. The molecular weight excluding hydrogens is 329 g/mol. The number of quaternary nitrogens is 1. The number of nitrogens with one attached hydrogen (secondary N) is 1. The van der Waals surface area contributed by atoms with Crippen LogP contribution in [0.25, 0.3) is 0 Å². The summed E-state index contributed by atoms with van der Waals surface area (Å²) in [6.07, 6.45) is 1.93. The lowest BCUT2D eigenvalue weighted by Crippen LogP contribution is -3.12. The van der Waals surface area contributed by atoms with Gasteiger partial charge in [-0.2, -0.15) is 4.68 Å². The largest absolute Gasteiger partial charge is 0.478 e. The quantitative estimate of drug-likeness (QED) is 0.841. The number of nitrogens with zero attached hydrogens (tertiary/aromatic N) is 2. The molecule has 24 heavy (non-hydrogen) atoms. The van der Waals surface area contributed by atoms with Gasteiger partial charge >= 0.3 is 0 Å². The zero-order chi connectivity index (χ0) is 17.1. The molecule has 3 rings (SSSR count). The standard InChI is InChI=1S/C17H22FN3O2S/c1-12-7-9-20(10-8-12)11-21-17(24)23-16(19-21)13(2)22-15-6-4-3-5-14(15)18/h3-6,12-13H,7-11H2,1-2H3/p+1/t13-/m0/s1. The molecule has 1 N–H and O–H groups in total. The summed E-state index contributed by atoms with van der Waals surface area (Å²) in [5.41, 5.74) is 0. The van der Waals surface area contributed by atoms with E-state index in [0.717, 1.165) is 19.0 Å². The van der Waals surface area contributed by atoms with Crippen molar-refractivity contribution >= 4 is 12.2 Å². The van der Waals surface area contributed by atoms with E-state index in [1.807, 2.05) is 0 Å². The van der Waals surface area contributed by atoms with Gasteiger partial charge in [-0.05, 0) is 50.0 Å². The molecular formula is C17H23FN3O2S+. The smallest absolute Gasteiger partial charge is 0.292 e. The molecule has 1 aliphatic rings. The molecule has 1 fully saturated rings. The third-order valence-electron chi connectivity index (χ3n) is 4.46. The summed E-state index contributed by atoms with van der Waals surface area (Å²) in [4.78, 5) is 1.78. The van der Waals surface area contributed by atoms with Crippen LogP contribution >= 0.6 is 12.2 Å². The Kier molecular flexibility index (Phi) is 5.30. The molecule has 0 amide bonds. The van der Waals surface area contributed by atoms with Gasteiger partial charge < -0.3 is 14.1 Å². The van der Waals surface area contributed by atoms with Crippen molar-refractivity contribution in [2.45, 2.75) is 39.5 Å². The molecule has 0 radical (unpaired) electrons. The number of piperidine rings is 1. The second-order valence-corrected chi connectivity index (χ2v) is 6.84. The first-order valence-corrected chi connectivity index (χ1v) is 8.76. The van der Waals surface area contributed by atoms with Crippen LogP contribution < -0.4 is 9.64 Å². The summed E-state index contributed by atoms with van der Waals surface area (Å²) < 4.78 is 26.6. The van der Waals surface area contributed by atoms with E-state index in [1.165, 1.54) is 23.8 Å². The summed E-state index contributed by atoms with van der Waals surface area (Å²) in [7, 11) is 0. The van der Waals surface area contributed by atoms with E-state index in [4.69, 9.17) is 21.4 Å². The minimum atomic E-state index is -0.513. The fraction of sp³-hybridized carbons (Fsp3) is 0.529. The molecule has 1 aromatic heterocycles. The fourth-order valence-electron chi connectivity index (χ4n) is 2.91. The van der Waals surface area contributed by atoms with E-state index in [9.17, 15) is 4.39 Å². The molecule has 0 aliphatic carbocycles. The summed E-state index contributed by atoms with van der Waals surface area (Å²) in [5.74, 6) is 0.933. The first-order valence-electron chi connectivity index (χ1n) is 8.35. The number of hydrogen-bond acceptors (Lipinski definition) is 4. The van der Waals surface area contributed by atoms with E-state index in [1.54, 1.807) is 29.8 Å². The minimum absolute atomic E-state index is 0.177. The van der Waals surface area contributed by atoms with Crippen LogP contribution in [-0.2, 0) is 6.67 Å². The minimum Gasteiger partial charge on any atom is -0.478 e. The monoisotopic (exact) mass is 352 g/mol. The van der Waals surface area contributed by atoms with Crippen LogP contribution in [0.1, 0.15) is 38.7 Å². The van der Waals surface area contributed by atoms with Crippen molar-refractivity contribution in [3.05, 3.63) is 40.8 Å². The van der Waals surface area contributed by atoms with Gasteiger partial charge in [0.1, 0.15) is 0 Å². The molecule has 1 aromatic carbocycles. The summed E-state index contributed by atoms with van der Waals surface area (Å²) in [5, 5.41) is 4.43. The number of para-hydroxylation sites is 1. The Labute approximate surface area is 146 Å². The molecule has 1 saturated heterocycles. The maximum Gasteiger partial charge on any atom is 0.292 e. The van der Waals surface area contributed by atoms with Gasteiger partial charge in [0, 0.05) is 0 Å². The highest BCUT2D eigenvalue weighted by Crippen LogP contribution is 2.23. The second kappa shape index (κ2) is 7.44. The topological polar surface area (TPSA) is 44.6 Å². The van der Waals surface area contributed by atoms with Crippen LogP contribution in [0, 0.1) is 16.6 Å². The summed E-state index contributed by atoms with van der Waals surface area (Å²) >= 11 is 5.26.